The number of aromatic nitrogens is 2. The number of nitrogens with zero attached hydrogens (tertiary/aromatic N) is 2. The van der Waals surface area contributed by atoms with E-state index in [1.54, 1.807) is 23.9 Å². The maximum absolute atomic E-state index is 13.0. The molecule has 134 valence electrons. The molecule has 0 fully saturated rings. The molecule has 1 amide bonds. The zero-order valence-corrected chi connectivity index (χ0v) is 15.4. The third-order valence-corrected chi connectivity index (χ3v) is 5.88. The van der Waals surface area contributed by atoms with Gasteiger partial charge in [-0.3, -0.25) is 4.79 Å². The number of rotatable bonds is 6. The van der Waals surface area contributed by atoms with Crippen LogP contribution in [-0.2, 0) is 5.75 Å². The molecule has 0 saturated heterocycles. The number of hydrogen-bond donors (Lipinski definition) is 1. The predicted molar refractivity (Wildman–Crippen MR) is 100 cm³/mol. The third kappa shape index (κ3) is 4.86. The molecule has 0 radical (unpaired) electrons. The highest BCUT2D eigenvalue weighted by atomic mass is 32.2. The van der Waals surface area contributed by atoms with Crippen LogP contribution in [-0.4, -0.2) is 16.1 Å². The number of nitrogens with one attached hydrogen (secondary N) is 1. The number of halogens is 2. The summed E-state index contributed by atoms with van der Waals surface area (Å²) >= 11 is 2.85. The molecule has 1 aromatic heterocycles. The fourth-order valence-corrected chi connectivity index (χ4v) is 3.92. The SMILES string of the molecule is CC(SCc1nnc(C(=O)Nc2ccc(F)cc2)s1)c1ccc(F)cc1. The zero-order valence-electron chi connectivity index (χ0n) is 13.8. The molecule has 0 bridgehead atoms. The van der Waals surface area contributed by atoms with Gasteiger partial charge in [-0.25, -0.2) is 8.78 Å². The fraction of sp³-hybridized carbons (Fsp3) is 0.167. The van der Waals surface area contributed by atoms with Crippen molar-refractivity contribution in [3.05, 3.63) is 75.7 Å². The summed E-state index contributed by atoms with van der Waals surface area (Å²) in [5, 5.41) is 11.7. The van der Waals surface area contributed by atoms with Crippen molar-refractivity contribution in [3.63, 3.8) is 0 Å². The van der Waals surface area contributed by atoms with Gasteiger partial charge in [0.15, 0.2) is 0 Å². The van der Waals surface area contributed by atoms with E-state index in [0.717, 1.165) is 10.6 Å². The molecule has 1 heterocycles. The molecule has 0 aliphatic carbocycles. The number of benzene rings is 2. The first kappa shape index (κ1) is 18.5. The average molecular weight is 391 g/mol. The van der Waals surface area contributed by atoms with Gasteiger partial charge in [0.05, 0.1) is 0 Å². The van der Waals surface area contributed by atoms with E-state index in [1.807, 2.05) is 6.92 Å². The van der Waals surface area contributed by atoms with Crippen LogP contribution < -0.4 is 5.32 Å². The standard InChI is InChI=1S/C18H15F2N3OS2/c1-11(12-2-4-13(19)5-3-12)25-10-16-22-23-18(26-16)17(24)21-15-8-6-14(20)7-9-15/h2-9,11H,10H2,1H3,(H,21,24). The van der Waals surface area contributed by atoms with Crippen LogP contribution in [0.3, 0.4) is 0 Å². The Hall–Kier alpha value is -2.32. The first-order valence-corrected chi connectivity index (χ1v) is 9.64. The Morgan fingerprint density at radius 1 is 1.08 bits per heavy atom. The Balaban J connectivity index is 1.56. The van der Waals surface area contributed by atoms with Crippen LogP contribution in [0.1, 0.15) is 32.5 Å². The minimum atomic E-state index is -0.378. The van der Waals surface area contributed by atoms with E-state index in [4.69, 9.17) is 0 Å². The number of hydrogen-bond acceptors (Lipinski definition) is 5. The second-order valence-electron chi connectivity index (χ2n) is 5.47. The van der Waals surface area contributed by atoms with Gasteiger partial charge in [-0.05, 0) is 48.9 Å². The smallest absolute Gasteiger partial charge is 0.286 e. The second kappa shape index (κ2) is 8.37. The highest BCUT2D eigenvalue weighted by Crippen LogP contribution is 2.31. The summed E-state index contributed by atoms with van der Waals surface area (Å²) in [6, 6.07) is 11.9. The lowest BCUT2D eigenvalue weighted by molar-refractivity contribution is 0.102. The lowest BCUT2D eigenvalue weighted by Crippen LogP contribution is -2.11. The highest BCUT2D eigenvalue weighted by Gasteiger charge is 2.14. The molecule has 3 aromatic rings. The van der Waals surface area contributed by atoms with Crippen LogP contribution in [0.5, 0.6) is 0 Å². The van der Waals surface area contributed by atoms with Gasteiger partial charge in [-0.15, -0.1) is 22.0 Å². The quantitative estimate of drug-likeness (QED) is 0.638. The van der Waals surface area contributed by atoms with Crippen molar-refractivity contribution >= 4 is 34.7 Å². The maximum Gasteiger partial charge on any atom is 0.286 e. The van der Waals surface area contributed by atoms with Crippen LogP contribution in [0.4, 0.5) is 14.5 Å². The summed E-state index contributed by atoms with van der Waals surface area (Å²) in [6.45, 7) is 2.03. The summed E-state index contributed by atoms with van der Waals surface area (Å²) < 4.78 is 25.9. The van der Waals surface area contributed by atoms with Crippen molar-refractivity contribution in [2.75, 3.05) is 5.32 Å². The van der Waals surface area contributed by atoms with Crippen molar-refractivity contribution in [2.24, 2.45) is 0 Å². The van der Waals surface area contributed by atoms with Crippen LogP contribution in [0.15, 0.2) is 48.5 Å². The summed E-state index contributed by atoms with van der Waals surface area (Å²) in [5.41, 5.74) is 1.52. The molecular weight excluding hydrogens is 376 g/mol. The van der Waals surface area contributed by atoms with E-state index in [-0.39, 0.29) is 27.8 Å². The molecule has 0 saturated carbocycles. The summed E-state index contributed by atoms with van der Waals surface area (Å²) in [6.07, 6.45) is 0. The van der Waals surface area contributed by atoms with Crippen LogP contribution >= 0.6 is 23.1 Å². The molecule has 0 aliphatic heterocycles. The second-order valence-corrected chi connectivity index (χ2v) is 7.86. The molecule has 1 unspecified atom stereocenters. The Kier molecular flexibility index (Phi) is 5.95. The molecular formula is C18H15F2N3OS2. The van der Waals surface area contributed by atoms with E-state index in [1.165, 1.54) is 47.7 Å². The number of amides is 1. The van der Waals surface area contributed by atoms with E-state index < -0.39 is 0 Å². The predicted octanol–water partition coefficient (Wildman–Crippen LogP) is 5.06. The van der Waals surface area contributed by atoms with Crippen molar-refractivity contribution in [2.45, 2.75) is 17.9 Å². The van der Waals surface area contributed by atoms with E-state index >= 15 is 0 Å². The molecule has 0 spiro atoms. The monoisotopic (exact) mass is 391 g/mol. The highest BCUT2D eigenvalue weighted by molar-refractivity contribution is 7.98. The van der Waals surface area contributed by atoms with Crippen molar-refractivity contribution in [1.82, 2.24) is 10.2 Å². The topological polar surface area (TPSA) is 54.9 Å². The number of anilines is 1. The van der Waals surface area contributed by atoms with Gasteiger partial charge in [0.1, 0.15) is 16.6 Å². The number of carbonyl (C=O) groups excluding carboxylic acids is 1. The van der Waals surface area contributed by atoms with Gasteiger partial charge in [0, 0.05) is 16.7 Å². The van der Waals surface area contributed by atoms with E-state index in [9.17, 15) is 13.6 Å². The van der Waals surface area contributed by atoms with Gasteiger partial charge in [0.25, 0.3) is 5.91 Å². The summed E-state index contributed by atoms with van der Waals surface area (Å²) in [4.78, 5) is 12.2. The Morgan fingerprint density at radius 2 is 1.69 bits per heavy atom. The minimum absolute atomic E-state index is 0.163. The van der Waals surface area contributed by atoms with Crippen molar-refractivity contribution in [1.29, 1.82) is 0 Å². The Morgan fingerprint density at radius 3 is 2.35 bits per heavy atom. The minimum Gasteiger partial charge on any atom is -0.320 e. The first-order valence-electron chi connectivity index (χ1n) is 7.77. The molecule has 8 heteroatoms. The number of carbonyl (C=O) groups is 1. The average Bonchev–Trinajstić information content (AvgIpc) is 3.11. The molecule has 4 nitrogen and oxygen atoms in total. The molecule has 1 N–H and O–H groups in total. The van der Waals surface area contributed by atoms with Gasteiger partial charge < -0.3 is 5.32 Å². The molecule has 1 atom stereocenters. The normalized spacial score (nSPS) is 12.0. The van der Waals surface area contributed by atoms with E-state index in [0.29, 0.717) is 11.4 Å². The molecule has 26 heavy (non-hydrogen) atoms. The van der Waals surface area contributed by atoms with Crippen LogP contribution in [0.25, 0.3) is 0 Å². The van der Waals surface area contributed by atoms with Crippen molar-refractivity contribution < 1.29 is 13.6 Å². The van der Waals surface area contributed by atoms with Crippen molar-refractivity contribution in [3.8, 4) is 0 Å². The lowest BCUT2D eigenvalue weighted by atomic mass is 10.2. The largest absolute Gasteiger partial charge is 0.320 e. The Labute approximate surface area is 157 Å². The summed E-state index contributed by atoms with van der Waals surface area (Å²) in [7, 11) is 0. The number of thioether (sulfide) groups is 1. The summed E-state index contributed by atoms with van der Waals surface area (Å²) in [5.74, 6) is -0.405. The van der Waals surface area contributed by atoms with Gasteiger partial charge in [0.2, 0.25) is 5.01 Å². The first-order chi connectivity index (χ1) is 12.5. The fourth-order valence-electron chi connectivity index (χ4n) is 2.15. The van der Waals surface area contributed by atoms with E-state index in [2.05, 4.69) is 15.5 Å². The molecule has 2 aromatic carbocycles. The third-order valence-electron chi connectivity index (χ3n) is 3.56. The van der Waals surface area contributed by atoms with Gasteiger partial charge >= 0.3 is 0 Å². The Bertz CT molecular complexity index is 882. The van der Waals surface area contributed by atoms with Crippen LogP contribution in [0.2, 0.25) is 0 Å². The lowest BCUT2D eigenvalue weighted by Gasteiger charge is -2.10. The molecule has 0 aliphatic rings. The van der Waals surface area contributed by atoms with Gasteiger partial charge in [-0.1, -0.05) is 23.5 Å². The zero-order chi connectivity index (χ0) is 18.5. The molecule has 3 rings (SSSR count). The van der Waals surface area contributed by atoms with Gasteiger partial charge in [-0.2, -0.15) is 0 Å². The van der Waals surface area contributed by atoms with Crippen LogP contribution in [0, 0.1) is 11.6 Å². The maximum atomic E-state index is 13.0.